The first-order valence-corrected chi connectivity index (χ1v) is 8.25. The SMILES string of the molecule is Cc1ccc(N=Nc2c(C)c(C#N)c(O)n(Cc3cccnc3)c2=O)cc1. The minimum absolute atomic E-state index is 0.00338. The van der Waals surface area contributed by atoms with E-state index in [4.69, 9.17) is 0 Å². The zero-order valence-corrected chi connectivity index (χ0v) is 14.9. The highest BCUT2D eigenvalue weighted by Crippen LogP contribution is 2.27. The Morgan fingerprint density at radius 1 is 1.19 bits per heavy atom. The summed E-state index contributed by atoms with van der Waals surface area (Å²) in [4.78, 5) is 16.9. The number of nitriles is 1. The number of hydrogen-bond donors (Lipinski definition) is 1. The third-order valence-electron chi connectivity index (χ3n) is 4.13. The Hall–Kier alpha value is -3.79. The lowest BCUT2D eigenvalue weighted by molar-refractivity contribution is 0.412. The molecule has 27 heavy (non-hydrogen) atoms. The van der Waals surface area contributed by atoms with E-state index >= 15 is 0 Å². The van der Waals surface area contributed by atoms with Gasteiger partial charge in [0.25, 0.3) is 5.56 Å². The van der Waals surface area contributed by atoms with Crippen molar-refractivity contribution >= 4 is 11.4 Å². The molecule has 3 aromatic rings. The lowest BCUT2D eigenvalue weighted by atomic mass is 10.1. The van der Waals surface area contributed by atoms with E-state index in [9.17, 15) is 15.2 Å². The van der Waals surface area contributed by atoms with E-state index in [0.717, 1.165) is 10.1 Å². The molecule has 0 atom stereocenters. The van der Waals surface area contributed by atoms with Crippen LogP contribution in [0.5, 0.6) is 5.88 Å². The third-order valence-corrected chi connectivity index (χ3v) is 4.13. The molecule has 1 aromatic carbocycles. The fourth-order valence-electron chi connectivity index (χ4n) is 2.60. The molecule has 0 aliphatic heterocycles. The van der Waals surface area contributed by atoms with Crippen molar-refractivity contribution < 1.29 is 5.11 Å². The first-order chi connectivity index (χ1) is 13.0. The van der Waals surface area contributed by atoms with Crippen LogP contribution in [0, 0.1) is 25.2 Å². The number of rotatable bonds is 4. The predicted octanol–water partition coefficient (Wildman–Crippen LogP) is 3.90. The molecule has 1 N–H and O–H groups in total. The predicted molar refractivity (Wildman–Crippen MR) is 101 cm³/mol. The molecule has 0 aliphatic carbocycles. The summed E-state index contributed by atoms with van der Waals surface area (Å²) in [5.74, 6) is -0.391. The molecular weight excluding hydrogens is 342 g/mol. The van der Waals surface area contributed by atoms with Crippen LogP contribution in [0.25, 0.3) is 0 Å². The number of hydrogen-bond acceptors (Lipinski definition) is 6. The molecule has 0 saturated carbocycles. The van der Waals surface area contributed by atoms with Gasteiger partial charge in [-0.3, -0.25) is 14.3 Å². The Morgan fingerprint density at radius 3 is 2.56 bits per heavy atom. The van der Waals surface area contributed by atoms with E-state index < -0.39 is 11.4 Å². The summed E-state index contributed by atoms with van der Waals surface area (Å²) in [5.41, 5.74) is 2.17. The maximum absolute atomic E-state index is 12.9. The van der Waals surface area contributed by atoms with Gasteiger partial charge in [0, 0.05) is 18.0 Å². The summed E-state index contributed by atoms with van der Waals surface area (Å²) in [5, 5.41) is 28.0. The molecule has 0 aliphatic rings. The second-order valence-corrected chi connectivity index (χ2v) is 6.07. The van der Waals surface area contributed by atoms with Crippen molar-refractivity contribution in [3.8, 4) is 11.9 Å². The second kappa shape index (κ2) is 7.62. The van der Waals surface area contributed by atoms with E-state index in [1.165, 1.54) is 0 Å². The number of nitrogens with zero attached hydrogens (tertiary/aromatic N) is 5. The van der Waals surface area contributed by atoms with Crippen molar-refractivity contribution in [2.75, 3.05) is 0 Å². The van der Waals surface area contributed by atoms with Gasteiger partial charge in [-0.2, -0.15) is 10.4 Å². The first-order valence-electron chi connectivity index (χ1n) is 8.25. The molecule has 0 radical (unpaired) electrons. The number of aryl methyl sites for hydroxylation is 1. The van der Waals surface area contributed by atoms with Crippen LogP contribution in [0.3, 0.4) is 0 Å². The molecule has 2 aromatic heterocycles. The highest BCUT2D eigenvalue weighted by molar-refractivity contribution is 5.57. The number of pyridine rings is 2. The van der Waals surface area contributed by atoms with E-state index in [1.807, 2.05) is 25.1 Å². The van der Waals surface area contributed by atoms with Gasteiger partial charge in [-0.05, 0) is 37.6 Å². The Bertz CT molecular complexity index is 1090. The lowest BCUT2D eigenvalue weighted by Crippen LogP contribution is -2.22. The topological polar surface area (TPSA) is 104 Å². The molecule has 0 amide bonds. The Morgan fingerprint density at radius 2 is 1.93 bits per heavy atom. The van der Waals surface area contributed by atoms with Crippen LogP contribution in [0.4, 0.5) is 11.4 Å². The van der Waals surface area contributed by atoms with Crippen LogP contribution < -0.4 is 5.56 Å². The van der Waals surface area contributed by atoms with Gasteiger partial charge in [-0.1, -0.05) is 23.8 Å². The monoisotopic (exact) mass is 359 g/mol. The van der Waals surface area contributed by atoms with Gasteiger partial charge < -0.3 is 5.11 Å². The van der Waals surface area contributed by atoms with Crippen molar-refractivity contribution in [2.24, 2.45) is 10.2 Å². The van der Waals surface area contributed by atoms with Crippen LogP contribution in [0.15, 0.2) is 63.8 Å². The molecule has 2 heterocycles. The Labute approximate surface area is 155 Å². The molecule has 0 saturated heterocycles. The lowest BCUT2D eigenvalue weighted by Gasteiger charge is -2.12. The van der Waals surface area contributed by atoms with E-state index in [-0.39, 0.29) is 17.8 Å². The summed E-state index contributed by atoms with van der Waals surface area (Å²) in [7, 11) is 0. The summed E-state index contributed by atoms with van der Waals surface area (Å²) < 4.78 is 1.10. The highest BCUT2D eigenvalue weighted by Gasteiger charge is 2.19. The van der Waals surface area contributed by atoms with Crippen molar-refractivity contribution in [2.45, 2.75) is 20.4 Å². The quantitative estimate of drug-likeness (QED) is 0.713. The minimum Gasteiger partial charge on any atom is -0.493 e. The maximum atomic E-state index is 12.9. The van der Waals surface area contributed by atoms with Crippen LogP contribution >= 0.6 is 0 Å². The number of aromatic hydroxyl groups is 1. The first kappa shape index (κ1) is 18.0. The third kappa shape index (κ3) is 3.75. The zero-order chi connectivity index (χ0) is 19.4. The molecule has 0 fully saturated rings. The van der Waals surface area contributed by atoms with Gasteiger partial charge in [0.15, 0.2) is 5.69 Å². The highest BCUT2D eigenvalue weighted by atomic mass is 16.3. The van der Waals surface area contributed by atoms with Gasteiger partial charge in [-0.25, -0.2) is 0 Å². The average molecular weight is 359 g/mol. The second-order valence-electron chi connectivity index (χ2n) is 6.07. The fourth-order valence-corrected chi connectivity index (χ4v) is 2.60. The van der Waals surface area contributed by atoms with Crippen LogP contribution in [-0.2, 0) is 6.54 Å². The van der Waals surface area contributed by atoms with Crippen molar-refractivity contribution in [1.29, 1.82) is 5.26 Å². The van der Waals surface area contributed by atoms with Crippen molar-refractivity contribution in [3.63, 3.8) is 0 Å². The molecule has 0 bridgehead atoms. The largest absolute Gasteiger partial charge is 0.493 e. The summed E-state index contributed by atoms with van der Waals surface area (Å²) in [6.07, 6.45) is 3.20. The van der Waals surface area contributed by atoms with E-state index in [0.29, 0.717) is 16.8 Å². The van der Waals surface area contributed by atoms with Crippen molar-refractivity contribution in [1.82, 2.24) is 9.55 Å². The minimum atomic E-state index is -0.524. The standard InChI is InChI=1S/C20H17N5O2/c1-13-5-7-16(8-6-13)23-24-18-14(2)17(10-21)19(26)25(20(18)27)12-15-4-3-9-22-11-15/h3-9,11,26H,12H2,1-2H3. The van der Waals surface area contributed by atoms with Crippen LogP contribution in [0.2, 0.25) is 0 Å². The number of aromatic nitrogens is 2. The fraction of sp³-hybridized carbons (Fsp3) is 0.150. The summed E-state index contributed by atoms with van der Waals surface area (Å²) in [6.45, 7) is 3.60. The van der Waals surface area contributed by atoms with Crippen LogP contribution in [-0.4, -0.2) is 14.7 Å². The van der Waals surface area contributed by atoms with Gasteiger partial charge in [0.05, 0.1) is 12.2 Å². The number of azo groups is 1. The summed E-state index contributed by atoms with van der Waals surface area (Å²) in [6, 6.07) is 12.8. The van der Waals surface area contributed by atoms with Crippen molar-refractivity contribution in [3.05, 3.63) is 81.4 Å². The average Bonchev–Trinajstić information content (AvgIpc) is 2.68. The Kier molecular flexibility index (Phi) is 5.08. The van der Waals surface area contributed by atoms with Gasteiger partial charge in [0.2, 0.25) is 5.88 Å². The van der Waals surface area contributed by atoms with Gasteiger partial charge >= 0.3 is 0 Å². The maximum Gasteiger partial charge on any atom is 0.281 e. The molecular formula is C20H17N5O2. The summed E-state index contributed by atoms with van der Waals surface area (Å²) >= 11 is 0. The molecule has 0 unspecified atom stereocenters. The smallest absolute Gasteiger partial charge is 0.281 e. The molecule has 134 valence electrons. The van der Waals surface area contributed by atoms with E-state index in [2.05, 4.69) is 15.2 Å². The van der Waals surface area contributed by atoms with Gasteiger partial charge in [-0.15, -0.1) is 5.11 Å². The van der Waals surface area contributed by atoms with E-state index in [1.54, 1.807) is 43.6 Å². The normalized spacial score (nSPS) is 10.9. The molecule has 7 nitrogen and oxygen atoms in total. The Balaban J connectivity index is 2.10. The number of benzene rings is 1. The zero-order valence-electron chi connectivity index (χ0n) is 14.9. The van der Waals surface area contributed by atoms with Gasteiger partial charge in [0.1, 0.15) is 11.6 Å². The molecule has 7 heteroatoms. The van der Waals surface area contributed by atoms with Crippen LogP contribution in [0.1, 0.15) is 22.3 Å². The molecule has 3 rings (SSSR count). The molecule has 0 spiro atoms.